The molecule has 0 amide bonds. The van der Waals surface area contributed by atoms with E-state index in [0.717, 1.165) is 0 Å². The maximum absolute atomic E-state index is 15.7. The number of hydrogen-bond acceptors (Lipinski definition) is 4. The first kappa shape index (κ1) is 28.7. The lowest BCUT2D eigenvalue weighted by Crippen LogP contribution is -2.49. The van der Waals surface area contributed by atoms with Crippen LogP contribution in [0.3, 0.4) is 0 Å². The number of rotatable bonds is 10. The van der Waals surface area contributed by atoms with E-state index in [1.165, 1.54) is 0 Å². The molecule has 0 unspecified atom stereocenters. The number of benzene rings is 2. The fourth-order valence-corrected chi connectivity index (χ4v) is 4.88. The lowest BCUT2D eigenvalue weighted by Gasteiger charge is -2.25. The van der Waals surface area contributed by atoms with Crippen LogP contribution in [0.25, 0.3) is 34.1 Å². The zero-order valence-corrected chi connectivity index (χ0v) is 22.5. The standard InChI is InChI=1S/C31H28F6N2O2/c1-3-5-17-21-25(38-27(40-21)19-13-9-7-10-14-19)23-24(30(34,35)31(36,37)29(23,32)33)26-22(18-6-4-2)41-28(39-26)20-15-11-8-12-16-20/h7-16H,3-6,17-18H2,1-2H3. The second-order valence-electron chi connectivity index (χ2n) is 9.99. The number of unbranched alkanes of at least 4 members (excludes halogenated alkanes) is 2. The molecule has 2 aromatic heterocycles. The Morgan fingerprint density at radius 3 is 1.29 bits per heavy atom. The highest BCUT2D eigenvalue weighted by Crippen LogP contribution is 2.65. The van der Waals surface area contributed by atoms with E-state index in [1.54, 1.807) is 60.7 Å². The van der Waals surface area contributed by atoms with Crippen LogP contribution in [-0.2, 0) is 12.8 Å². The average Bonchev–Trinajstić information content (AvgIpc) is 3.60. The van der Waals surface area contributed by atoms with Gasteiger partial charge in [-0.1, -0.05) is 63.1 Å². The fourth-order valence-electron chi connectivity index (χ4n) is 4.88. The van der Waals surface area contributed by atoms with Crippen molar-refractivity contribution in [3.05, 3.63) is 83.6 Å². The SMILES string of the molecule is CCCCc1oc(-c2ccccc2)nc1C1=C(c2nc(-c3ccccc3)oc2CCCC)C(F)(F)C(F)(F)C1(F)F. The van der Waals surface area contributed by atoms with E-state index in [9.17, 15) is 0 Å². The molecule has 0 spiro atoms. The van der Waals surface area contributed by atoms with Gasteiger partial charge in [0, 0.05) is 24.0 Å². The second-order valence-corrected chi connectivity index (χ2v) is 9.99. The summed E-state index contributed by atoms with van der Waals surface area (Å²) in [5.41, 5.74) is -3.85. The van der Waals surface area contributed by atoms with Crippen LogP contribution >= 0.6 is 0 Å². The van der Waals surface area contributed by atoms with Gasteiger partial charge in [0.25, 0.3) is 0 Å². The van der Waals surface area contributed by atoms with Crippen LogP contribution in [0.4, 0.5) is 26.3 Å². The zero-order valence-electron chi connectivity index (χ0n) is 22.5. The van der Waals surface area contributed by atoms with Crippen LogP contribution in [0.5, 0.6) is 0 Å². The maximum Gasteiger partial charge on any atom is 0.380 e. The molecule has 0 saturated heterocycles. The summed E-state index contributed by atoms with van der Waals surface area (Å²) in [6.45, 7) is 3.68. The van der Waals surface area contributed by atoms with Crippen molar-refractivity contribution in [3.8, 4) is 22.9 Å². The Kier molecular flexibility index (Phi) is 7.61. The molecule has 0 N–H and O–H groups in total. The van der Waals surface area contributed by atoms with Gasteiger partial charge >= 0.3 is 17.8 Å². The van der Waals surface area contributed by atoms with E-state index < -0.39 is 40.3 Å². The van der Waals surface area contributed by atoms with Gasteiger partial charge < -0.3 is 8.83 Å². The van der Waals surface area contributed by atoms with Crippen LogP contribution in [0, 0.1) is 0 Å². The minimum Gasteiger partial charge on any atom is -0.441 e. The Balaban J connectivity index is 1.82. The number of nitrogens with zero attached hydrogens (tertiary/aromatic N) is 2. The summed E-state index contributed by atoms with van der Waals surface area (Å²) < 4.78 is 105. The number of oxazole rings is 2. The van der Waals surface area contributed by atoms with Gasteiger partial charge in [-0.15, -0.1) is 0 Å². The second kappa shape index (κ2) is 10.9. The smallest absolute Gasteiger partial charge is 0.380 e. The molecule has 1 aliphatic carbocycles. The van der Waals surface area contributed by atoms with E-state index in [4.69, 9.17) is 8.83 Å². The highest BCUT2D eigenvalue weighted by Gasteiger charge is 2.81. The van der Waals surface area contributed by atoms with Gasteiger partial charge in [0.1, 0.15) is 22.9 Å². The van der Waals surface area contributed by atoms with Crippen molar-refractivity contribution in [2.24, 2.45) is 0 Å². The number of allylic oxidation sites excluding steroid dienone is 2. The first-order chi connectivity index (χ1) is 19.5. The van der Waals surface area contributed by atoms with E-state index in [1.807, 2.05) is 13.8 Å². The van der Waals surface area contributed by atoms with E-state index in [2.05, 4.69) is 9.97 Å². The van der Waals surface area contributed by atoms with Crippen LogP contribution < -0.4 is 0 Å². The molecule has 0 aliphatic heterocycles. The predicted molar refractivity (Wildman–Crippen MR) is 143 cm³/mol. The highest BCUT2D eigenvalue weighted by atomic mass is 19.3. The molecule has 2 aromatic carbocycles. The Hall–Kier alpha value is -3.82. The molecule has 0 bridgehead atoms. The number of hydrogen-bond donors (Lipinski definition) is 0. The van der Waals surface area contributed by atoms with E-state index in [-0.39, 0.29) is 36.1 Å². The summed E-state index contributed by atoms with van der Waals surface area (Å²) in [5.74, 6) is -16.9. The first-order valence-corrected chi connectivity index (χ1v) is 13.5. The lowest BCUT2D eigenvalue weighted by molar-refractivity contribution is -0.254. The third-order valence-corrected chi connectivity index (χ3v) is 7.09. The van der Waals surface area contributed by atoms with Crippen molar-refractivity contribution in [1.82, 2.24) is 9.97 Å². The van der Waals surface area contributed by atoms with Crippen LogP contribution in [0.1, 0.15) is 62.4 Å². The van der Waals surface area contributed by atoms with Gasteiger partial charge in [0.2, 0.25) is 11.8 Å². The maximum atomic E-state index is 15.7. The zero-order chi connectivity index (χ0) is 29.4. The van der Waals surface area contributed by atoms with Crippen LogP contribution in [-0.4, -0.2) is 27.7 Å². The Bertz CT molecular complexity index is 1430. The number of halogens is 6. The van der Waals surface area contributed by atoms with Gasteiger partial charge in [0.15, 0.2) is 0 Å². The molecule has 2 heterocycles. The number of aryl methyl sites for hydroxylation is 2. The molecule has 10 heteroatoms. The van der Waals surface area contributed by atoms with Gasteiger partial charge in [-0.05, 0) is 37.1 Å². The van der Waals surface area contributed by atoms with Gasteiger partial charge in [-0.2, -0.15) is 26.3 Å². The predicted octanol–water partition coefficient (Wildman–Crippen LogP) is 9.51. The summed E-state index contributed by atoms with van der Waals surface area (Å²) in [7, 11) is 0. The largest absolute Gasteiger partial charge is 0.441 e. The Morgan fingerprint density at radius 1 is 0.585 bits per heavy atom. The fraction of sp³-hybridized carbons (Fsp3) is 0.355. The summed E-state index contributed by atoms with van der Waals surface area (Å²) in [5, 5.41) is 0. The minimum atomic E-state index is -5.76. The highest BCUT2D eigenvalue weighted by molar-refractivity contribution is 6.00. The molecule has 0 fully saturated rings. The average molecular weight is 575 g/mol. The van der Waals surface area contributed by atoms with Crippen molar-refractivity contribution in [2.45, 2.75) is 70.1 Å². The van der Waals surface area contributed by atoms with Crippen LogP contribution in [0.2, 0.25) is 0 Å². The van der Waals surface area contributed by atoms with Crippen molar-refractivity contribution in [1.29, 1.82) is 0 Å². The molecule has 0 radical (unpaired) electrons. The van der Waals surface area contributed by atoms with Gasteiger partial charge in [-0.3, -0.25) is 0 Å². The number of aromatic nitrogens is 2. The molecule has 4 nitrogen and oxygen atoms in total. The number of alkyl halides is 6. The van der Waals surface area contributed by atoms with E-state index >= 15 is 26.3 Å². The lowest BCUT2D eigenvalue weighted by atomic mass is 9.98. The summed E-state index contributed by atoms with van der Waals surface area (Å²) in [6, 6.07) is 16.4. The molecular formula is C31H28F6N2O2. The molecule has 216 valence electrons. The van der Waals surface area contributed by atoms with Gasteiger partial charge in [-0.25, -0.2) is 9.97 Å². The molecule has 1 aliphatic rings. The molecule has 0 atom stereocenters. The quantitative estimate of drug-likeness (QED) is 0.177. The van der Waals surface area contributed by atoms with E-state index in [0.29, 0.717) is 36.8 Å². The molecule has 41 heavy (non-hydrogen) atoms. The van der Waals surface area contributed by atoms with Gasteiger partial charge in [0.05, 0.1) is 11.1 Å². The Morgan fingerprint density at radius 2 is 0.951 bits per heavy atom. The molecule has 0 saturated carbocycles. The Labute approximate surface area is 233 Å². The van der Waals surface area contributed by atoms with Crippen molar-refractivity contribution >= 4 is 11.1 Å². The van der Waals surface area contributed by atoms with Crippen LogP contribution in [0.15, 0.2) is 69.5 Å². The summed E-state index contributed by atoms with van der Waals surface area (Å²) >= 11 is 0. The van der Waals surface area contributed by atoms with Crippen molar-refractivity contribution in [2.75, 3.05) is 0 Å². The first-order valence-electron chi connectivity index (χ1n) is 13.5. The third kappa shape index (κ3) is 4.77. The summed E-state index contributed by atoms with van der Waals surface area (Å²) in [4.78, 5) is 8.29. The molecular weight excluding hydrogens is 546 g/mol. The summed E-state index contributed by atoms with van der Waals surface area (Å²) in [6.07, 6.45) is 2.15. The molecule has 4 aromatic rings. The normalized spacial score (nSPS) is 17.4. The topological polar surface area (TPSA) is 52.1 Å². The van der Waals surface area contributed by atoms with Crippen molar-refractivity contribution < 1.29 is 35.2 Å². The van der Waals surface area contributed by atoms with Crippen molar-refractivity contribution in [3.63, 3.8) is 0 Å². The monoisotopic (exact) mass is 574 g/mol. The minimum absolute atomic E-state index is 0.0342. The third-order valence-electron chi connectivity index (χ3n) is 7.09. The molecule has 5 rings (SSSR count).